The smallest absolute Gasteiger partial charge is 0.151 e. The first-order valence-electron chi connectivity index (χ1n) is 10.0. The minimum Gasteiger partial charge on any atom is -0.497 e. The van der Waals surface area contributed by atoms with E-state index in [0.29, 0.717) is 13.2 Å². The highest BCUT2D eigenvalue weighted by Gasteiger charge is 2.26. The number of hydrogen-bond acceptors (Lipinski definition) is 6. The molecule has 7 nitrogen and oxygen atoms in total. The van der Waals surface area contributed by atoms with Crippen molar-refractivity contribution in [3.8, 4) is 17.0 Å². The minimum absolute atomic E-state index is 0.132. The van der Waals surface area contributed by atoms with E-state index in [9.17, 15) is 0 Å². The standard InChI is InChI=1S/C23H23N5O2/c1-16-9-10-22(26-25-16)27-11-12-30-21(14-27)23-20-8-4-7-19(28(20)15-24-23)17-5-3-6-18(13-17)29-2/h3-10,13,15,21H,11-12,14H2,1-2H3/t21-/m1/s1. The number of aromatic nitrogens is 4. The number of rotatable bonds is 4. The molecular weight excluding hydrogens is 378 g/mol. The Morgan fingerprint density at radius 2 is 1.97 bits per heavy atom. The number of anilines is 1. The van der Waals surface area contributed by atoms with E-state index in [4.69, 9.17) is 14.5 Å². The van der Waals surface area contributed by atoms with Crippen molar-refractivity contribution in [2.75, 3.05) is 31.7 Å². The Bertz CT molecular complexity index is 1170. The Hall–Kier alpha value is -3.45. The molecule has 1 aliphatic rings. The lowest BCUT2D eigenvalue weighted by Gasteiger charge is -2.32. The molecule has 1 atom stereocenters. The molecule has 0 saturated carbocycles. The molecule has 0 N–H and O–H groups in total. The highest BCUT2D eigenvalue weighted by atomic mass is 16.5. The zero-order valence-electron chi connectivity index (χ0n) is 17.0. The summed E-state index contributed by atoms with van der Waals surface area (Å²) < 4.78 is 13.6. The first-order valence-corrected chi connectivity index (χ1v) is 10.0. The van der Waals surface area contributed by atoms with Gasteiger partial charge in [0.2, 0.25) is 0 Å². The van der Waals surface area contributed by atoms with Gasteiger partial charge in [0.05, 0.1) is 42.9 Å². The van der Waals surface area contributed by atoms with Crippen LogP contribution in [-0.4, -0.2) is 46.4 Å². The van der Waals surface area contributed by atoms with Crippen molar-refractivity contribution in [2.45, 2.75) is 13.0 Å². The second kappa shape index (κ2) is 7.76. The highest BCUT2D eigenvalue weighted by Crippen LogP contribution is 2.30. The first-order chi connectivity index (χ1) is 14.7. The van der Waals surface area contributed by atoms with E-state index in [0.717, 1.165) is 46.3 Å². The first kappa shape index (κ1) is 18.6. The third kappa shape index (κ3) is 3.37. The third-order valence-electron chi connectivity index (χ3n) is 5.45. The third-order valence-corrected chi connectivity index (χ3v) is 5.45. The number of nitrogens with zero attached hydrogens (tertiary/aromatic N) is 5. The van der Waals surface area contributed by atoms with Crippen LogP contribution in [-0.2, 0) is 4.74 Å². The summed E-state index contributed by atoms with van der Waals surface area (Å²) in [5.41, 5.74) is 5.02. The van der Waals surface area contributed by atoms with Crippen LogP contribution in [0.4, 0.5) is 5.82 Å². The van der Waals surface area contributed by atoms with E-state index in [1.807, 2.05) is 43.6 Å². The molecule has 4 aromatic rings. The molecule has 7 heteroatoms. The maximum absolute atomic E-state index is 6.10. The predicted molar refractivity (Wildman–Crippen MR) is 115 cm³/mol. The van der Waals surface area contributed by atoms with E-state index in [1.54, 1.807) is 7.11 Å². The van der Waals surface area contributed by atoms with Crippen molar-refractivity contribution in [3.05, 3.63) is 72.3 Å². The molecule has 4 heterocycles. The molecule has 1 aliphatic heterocycles. The molecule has 0 unspecified atom stereocenters. The van der Waals surface area contributed by atoms with E-state index < -0.39 is 0 Å². The van der Waals surface area contributed by atoms with Gasteiger partial charge in [-0.05, 0) is 43.3 Å². The van der Waals surface area contributed by atoms with Crippen LogP contribution in [0.25, 0.3) is 16.8 Å². The number of pyridine rings is 1. The lowest BCUT2D eigenvalue weighted by molar-refractivity contribution is 0.0379. The van der Waals surface area contributed by atoms with Gasteiger partial charge in [0.15, 0.2) is 5.82 Å². The molecule has 1 aromatic carbocycles. The number of ether oxygens (including phenoxy) is 2. The predicted octanol–water partition coefficient (Wildman–Crippen LogP) is 3.69. The summed E-state index contributed by atoms with van der Waals surface area (Å²) in [4.78, 5) is 6.94. The van der Waals surface area contributed by atoms with Gasteiger partial charge in [-0.25, -0.2) is 4.98 Å². The fourth-order valence-corrected chi connectivity index (χ4v) is 3.89. The fraction of sp³-hybridized carbons (Fsp3) is 0.261. The van der Waals surface area contributed by atoms with Gasteiger partial charge in [0, 0.05) is 12.1 Å². The molecule has 3 aromatic heterocycles. The summed E-state index contributed by atoms with van der Waals surface area (Å²) in [5, 5.41) is 8.52. The van der Waals surface area contributed by atoms with Crippen LogP contribution < -0.4 is 9.64 Å². The van der Waals surface area contributed by atoms with Crippen LogP contribution in [0.5, 0.6) is 5.75 Å². The molecule has 5 rings (SSSR count). The quantitative estimate of drug-likeness (QED) is 0.520. The molecule has 152 valence electrons. The number of fused-ring (bicyclic) bond motifs is 1. The number of methoxy groups -OCH3 is 1. The molecule has 0 spiro atoms. The summed E-state index contributed by atoms with van der Waals surface area (Å²) in [6, 6.07) is 18.3. The summed E-state index contributed by atoms with van der Waals surface area (Å²) in [5.74, 6) is 1.70. The van der Waals surface area contributed by atoms with E-state index >= 15 is 0 Å². The van der Waals surface area contributed by atoms with E-state index in [2.05, 4.69) is 43.8 Å². The molecule has 0 bridgehead atoms. The molecule has 30 heavy (non-hydrogen) atoms. The number of morpholine rings is 1. The number of hydrogen-bond donors (Lipinski definition) is 0. The Balaban J connectivity index is 1.48. The Morgan fingerprint density at radius 3 is 2.80 bits per heavy atom. The normalized spacial score (nSPS) is 16.7. The molecule has 1 fully saturated rings. The largest absolute Gasteiger partial charge is 0.497 e. The van der Waals surface area contributed by atoms with Crippen LogP contribution >= 0.6 is 0 Å². The van der Waals surface area contributed by atoms with Crippen molar-refractivity contribution in [1.82, 2.24) is 19.6 Å². The van der Waals surface area contributed by atoms with Gasteiger partial charge >= 0.3 is 0 Å². The zero-order chi connectivity index (χ0) is 20.5. The summed E-state index contributed by atoms with van der Waals surface area (Å²) in [6.07, 6.45) is 1.74. The monoisotopic (exact) mass is 401 g/mol. The van der Waals surface area contributed by atoms with Gasteiger partial charge in [-0.2, -0.15) is 5.10 Å². The number of aryl methyl sites for hydroxylation is 1. The van der Waals surface area contributed by atoms with Crippen molar-refractivity contribution in [1.29, 1.82) is 0 Å². The van der Waals surface area contributed by atoms with Crippen molar-refractivity contribution >= 4 is 11.3 Å². The van der Waals surface area contributed by atoms with Crippen LogP contribution in [0.3, 0.4) is 0 Å². The lowest BCUT2D eigenvalue weighted by Crippen LogP contribution is -2.39. The van der Waals surface area contributed by atoms with Crippen molar-refractivity contribution < 1.29 is 9.47 Å². The summed E-state index contributed by atoms with van der Waals surface area (Å²) in [7, 11) is 1.68. The highest BCUT2D eigenvalue weighted by molar-refractivity contribution is 5.68. The Morgan fingerprint density at radius 1 is 1.07 bits per heavy atom. The average Bonchev–Trinajstić information content (AvgIpc) is 3.24. The molecule has 0 radical (unpaired) electrons. The van der Waals surface area contributed by atoms with Gasteiger partial charge < -0.3 is 14.4 Å². The van der Waals surface area contributed by atoms with Crippen LogP contribution in [0, 0.1) is 6.92 Å². The van der Waals surface area contributed by atoms with Gasteiger partial charge in [0.1, 0.15) is 18.2 Å². The lowest BCUT2D eigenvalue weighted by atomic mass is 10.1. The van der Waals surface area contributed by atoms with Gasteiger partial charge in [0.25, 0.3) is 0 Å². The summed E-state index contributed by atoms with van der Waals surface area (Å²) in [6.45, 7) is 4.04. The fourth-order valence-electron chi connectivity index (χ4n) is 3.89. The second-order valence-electron chi connectivity index (χ2n) is 7.37. The van der Waals surface area contributed by atoms with Gasteiger partial charge in [-0.3, -0.25) is 4.40 Å². The van der Waals surface area contributed by atoms with Crippen LogP contribution in [0.15, 0.2) is 60.9 Å². The second-order valence-corrected chi connectivity index (χ2v) is 7.37. The number of benzene rings is 1. The van der Waals surface area contributed by atoms with Crippen molar-refractivity contribution in [2.24, 2.45) is 0 Å². The number of imidazole rings is 1. The molecule has 1 saturated heterocycles. The molecule has 0 amide bonds. The Labute approximate surface area is 174 Å². The maximum atomic E-state index is 6.10. The van der Waals surface area contributed by atoms with Gasteiger partial charge in [-0.15, -0.1) is 5.10 Å². The Kier molecular flexibility index (Phi) is 4.80. The molecule has 0 aliphatic carbocycles. The molecular formula is C23H23N5O2. The van der Waals surface area contributed by atoms with Crippen LogP contribution in [0.2, 0.25) is 0 Å². The SMILES string of the molecule is COc1cccc(-c2cccc3c([C@H]4CN(c5ccc(C)nn5)CCO4)ncn23)c1. The average molecular weight is 401 g/mol. The van der Waals surface area contributed by atoms with Crippen molar-refractivity contribution in [3.63, 3.8) is 0 Å². The van der Waals surface area contributed by atoms with E-state index in [-0.39, 0.29) is 6.10 Å². The van der Waals surface area contributed by atoms with Gasteiger partial charge in [-0.1, -0.05) is 18.2 Å². The van der Waals surface area contributed by atoms with E-state index in [1.165, 1.54) is 0 Å². The summed E-state index contributed by atoms with van der Waals surface area (Å²) >= 11 is 0. The minimum atomic E-state index is -0.132. The maximum Gasteiger partial charge on any atom is 0.151 e. The zero-order valence-corrected chi connectivity index (χ0v) is 17.0. The topological polar surface area (TPSA) is 64.8 Å². The van der Waals surface area contributed by atoms with Crippen LogP contribution in [0.1, 0.15) is 17.5 Å².